The third kappa shape index (κ3) is 5.56. The third-order valence-corrected chi connectivity index (χ3v) is 5.36. The molecule has 1 aromatic rings. The molecule has 1 aromatic carbocycles. The topological polar surface area (TPSA) is 61.4 Å². The zero-order valence-electron chi connectivity index (χ0n) is 15.8. The van der Waals surface area contributed by atoms with Gasteiger partial charge in [0.1, 0.15) is 0 Å². The minimum Gasteiger partial charge on any atom is -0.355 e. The molecule has 1 aliphatic rings. The van der Waals surface area contributed by atoms with Crippen molar-refractivity contribution in [1.82, 2.24) is 15.5 Å². The zero-order chi connectivity index (χ0) is 18.4. The Labute approximate surface area is 151 Å². The van der Waals surface area contributed by atoms with Crippen molar-refractivity contribution in [2.24, 2.45) is 11.8 Å². The van der Waals surface area contributed by atoms with Crippen LogP contribution in [0.4, 0.5) is 0 Å². The molecule has 0 bridgehead atoms. The lowest BCUT2D eigenvalue weighted by molar-refractivity contribution is -0.123. The standard InChI is InChI=1S/C20H31N3O2/c1-14-6-5-7-18(15(14)2)22-19(24)13-23(4)12-16-8-10-17(11-9-16)20(25)21-3/h8-11,14-15,18H,5-7,12-13H2,1-4H3,(H,21,25)(H,22,24)/t14-,15-,18-/m1/s1. The van der Waals surface area contributed by atoms with E-state index in [0.29, 0.717) is 36.5 Å². The quantitative estimate of drug-likeness (QED) is 0.832. The highest BCUT2D eigenvalue weighted by Gasteiger charge is 2.28. The number of likely N-dealkylation sites (N-methyl/N-ethyl adjacent to an activating group) is 1. The summed E-state index contributed by atoms with van der Waals surface area (Å²) in [5.74, 6) is 1.22. The number of carbonyl (C=O) groups excluding carboxylic acids is 2. The van der Waals surface area contributed by atoms with Gasteiger partial charge < -0.3 is 10.6 Å². The summed E-state index contributed by atoms with van der Waals surface area (Å²) in [7, 11) is 3.57. The molecule has 1 saturated carbocycles. The van der Waals surface area contributed by atoms with Gasteiger partial charge in [-0.05, 0) is 43.0 Å². The van der Waals surface area contributed by atoms with Crippen LogP contribution < -0.4 is 10.6 Å². The summed E-state index contributed by atoms with van der Waals surface area (Å²) < 4.78 is 0. The molecule has 2 rings (SSSR count). The molecule has 0 aliphatic heterocycles. The lowest BCUT2D eigenvalue weighted by Gasteiger charge is -2.35. The summed E-state index contributed by atoms with van der Waals surface area (Å²) in [6.45, 7) is 5.58. The van der Waals surface area contributed by atoms with E-state index in [4.69, 9.17) is 0 Å². The van der Waals surface area contributed by atoms with E-state index >= 15 is 0 Å². The second-order valence-electron chi connectivity index (χ2n) is 7.39. The van der Waals surface area contributed by atoms with E-state index in [0.717, 1.165) is 12.0 Å². The molecule has 3 atom stereocenters. The van der Waals surface area contributed by atoms with Crippen LogP contribution in [-0.2, 0) is 11.3 Å². The van der Waals surface area contributed by atoms with Crippen LogP contribution in [0, 0.1) is 11.8 Å². The van der Waals surface area contributed by atoms with Crippen molar-refractivity contribution >= 4 is 11.8 Å². The number of amides is 2. The molecule has 0 aromatic heterocycles. The molecule has 0 spiro atoms. The Bertz CT molecular complexity index is 585. The van der Waals surface area contributed by atoms with Crippen LogP contribution in [0.2, 0.25) is 0 Å². The van der Waals surface area contributed by atoms with E-state index < -0.39 is 0 Å². The van der Waals surface area contributed by atoms with Crippen LogP contribution in [-0.4, -0.2) is 43.4 Å². The predicted octanol–water partition coefficient (Wildman–Crippen LogP) is 2.42. The Morgan fingerprint density at radius 3 is 2.48 bits per heavy atom. The molecule has 2 amide bonds. The summed E-state index contributed by atoms with van der Waals surface area (Å²) in [6.07, 6.45) is 3.55. The van der Waals surface area contributed by atoms with Crippen LogP contribution >= 0.6 is 0 Å². The first-order valence-corrected chi connectivity index (χ1v) is 9.19. The van der Waals surface area contributed by atoms with Gasteiger partial charge in [0, 0.05) is 25.2 Å². The largest absolute Gasteiger partial charge is 0.355 e. The van der Waals surface area contributed by atoms with E-state index in [1.807, 2.05) is 36.2 Å². The first kappa shape index (κ1) is 19.4. The summed E-state index contributed by atoms with van der Waals surface area (Å²) in [6, 6.07) is 7.80. The number of nitrogens with one attached hydrogen (secondary N) is 2. The molecule has 0 unspecified atom stereocenters. The number of benzene rings is 1. The maximum absolute atomic E-state index is 12.3. The molecule has 0 heterocycles. The Hall–Kier alpha value is -1.88. The first-order chi connectivity index (χ1) is 11.9. The van der Waals surface area contributed by atoms with Crippen molar-refractivity contribution in [2.45, 2.75) is 45.7 Å². The second-order valence-corrected chi connectivity index (χ2v) is 7.39. The van der Waals surface area contributed by atoms with Crippen molar-refractivity contribution < 1.29 is 9.59 Å². The second kappa shape index (κ2) is 8.99. The van der Waals surface area contributed by atoms with Crippen molar-refractivity contribution in [3.8, 4) is 0 Å². The molecule has 1 aliphatic carbocycles. The normalized spacial score (nSPS) is 23.3. The molecular formula is C20H31N3O2. The van der Waals surface area contributed by atoms with Crippen LogP contribution in [0.5, 0.6) is 0 Å². The SMILES string of the molecule is CNC(=O)c1ccc(CN(C)CC(=O)N[C@@H]2CCC[C@@H](C)[C@H]2C)cc1. The summed E-state index contributed by atoms with van der Waals surface area (Å²) in [5, 5.41) is 5.82. The highest BCUT2D eigenvalue weighted by Crippen LogP contribution is 2.29. The number of hydrogen-bond acceptors (Lipinski definition) is 3. The average molecular weight is 345 g/mol. The van der Waals surface area contributed by atoms with E-state index in [1.54, 1.807) is 7.05 Å². The van der Waals surface area contributed by atoms with Gasteiger partial charge in [-0.15, -0.1) is 0 Å². The summed E-state index contributed by atoms with van der Waals surface area (Å²) in [4.78, 5) is 25.9. The first-order valence-electron chi connectivity index (χ1n) is 9.19. The van der Waals surface area contributed by atoms with Crippen LogP contribution in [0.25, 0.3) is 0 Å². The Morgan fingerprint density at radius 1 is 1.16 bits per heavy atom. The highest BCUT2D eigenvalue weighted by molar-refractivity contribution is 5.93. The van der Waals surface area contributed by atoms with Gasteiger partial charge in [0.15, 0.2) is 0 Å². The van der Waals surface area contributed by atoms with Crippen molar-refractivity contribution in [2.75, 3.05) is 20.6 Å². The maximum Gasteiger partial charge on any atom is 0.251 e. The fourth-order valence-corrected chi connectivity index (χ4v) is 3.56. The predicted molar refractivity (Wildman–Crippen MR) is 100 cm³/mol. The fraction of sp³-hybridized carbons (Fsp3) is 0.600. The number of hydrogen-bond donors (Lipinski definition) is 2. The average Bonchev–Trinajstić information content (AvgIpc) is 2.58. The minimum atomic E-state index is -0.0879. The smallest absolute Gasteiger partial charge is 0.251 e. The lowest BCUT2D eigenvalue weighted by atomic mass is 9.78. The molecule has 0 saturated heterocycles. The zero-order valence-corrected chi connectivity index (χ0v) is 15.8. The van der Waals surface area contributed by atoms with Gasteiger partial charge in [0.2, 0.25) is 5.91 Å². The van der Waals surface area contributed by atoms with Gasteiger partial charge in [-0.25, -0.2) is 0 Å². The molecule has 138 valence electrons. The van der Waals surface area contributed by atoms with Crippen molar-refractivity contribution in [1.29, 1.82) is 0 Å². The van der Waals surface area contributed by atoms with Gasteiger partial charge >= 0.3 is 0 Å². The highest BCUT2D eigenvalue weighted by atomic mass is 16.2. The van der Waals surface area contributed by atoms with Gasteiger partial charge in [-0.3, -0.25) is 14.5 Å². The van der Waals surface area contributed by atoms with Crippen LogP contribution in [0.1, 0.15) is 49.0 Å². The monoisotopic (exact) mass is 345 g/mol. The summed E-state index contributed by atoms with van der Waals surface area (Å²) in [5.41, 5.74) is 1.73. The molecule has 5 nitrogen and oxygen atoms in total. The van der Waals surface area contributed by atoms with Crippen LogP contribution in [0.15, 0.2) is 24.3 Å². The summed E-state index contributed by atoms with van der Waals surface area (Å²) >= 11 is 0. The Morgan fingerprint density at radius 2 is 1.84 bits per heavy atom. The molecular weight excluding hydrogens is 314 g/mol. The molecule has 25 heavy (non-hydrogen) atoms. The number of rotatable bonds is 6. The molecule has 2 N–H and O–H groups in total. The van der Waals surface area contributed by atoms with E-state index in [1.165, 1.54) is 12.8 Å². The van der Waals surface area contributed by atoms with Gasteiger partial charge in [0.05, 0.1) is 6.54 Å². The minimum absolute atomic E-state index is 0.0879. The van der Waals surface area contributed by atoms with Gasteiger partial charge in [0.25, 0.3) is 5.91 Å². The molecule has 5 heteroatoms. The molecule has 0 radical (unpaired) electrons. The van der Waals surface area contributed by atoms with Gasteiger partial charge in [-0.2, -0.15) is 0 Å². The Balaban J connectivity index is 1.82. The number of carbonyl (C=O) groups is 2. The van der Waals surface area contributed by atoms with Crippen LogP contribution in [0.3, 0.4) is 0 Å². The van der Waals surface area contributed by atoms with Crippen molar-refractivity contribution in [3.63, 3.8) is 0 Å². The lowest BCUT2D eigenvalue weighted by Crippen LogP contribution is -2.46. The van der Waals surface area contributed by atoms with Gasteiger partial charge in [-0.1, -0.05) is 38.8 Å². The fourth-order valence-electron chi connectivity index (χ4n) is 3.56. The maximum atomic E-state index is 12.3. The number of nitrogens with zero attached hydrogens (tertiary/aromatic N) is 1. The molecule has 1 fully saturated rings. The van der Waals surface area contributed by atoms with Crippen molar-refractivity contribution in [3.05, 3.63) is 35.4 Å². The van der Waals surface area contributed by atoms with E-state index in [2.05, 4.69) is 24.5 Å². The Kier molecular flexibility index (Phi) is 7.00. The third-order valence-electron chi connectivity index (χ3n) is 5.36. The van der Waals surface area contributed by atoms with E-state index in [-0.39, 0.29) is 11.8 Å². The van der Waals surface area contributed by atoms with E-state index in [9.17, 15) is 9.59 Å².